The predicted octanol–water partition coefficient (Wildman–Crippen LogP) is 6.33. The number of amides is 1. The highest BCUT2D eigenvalue weighted by Crippen LogP contribution is 2.40. The maximum Gasteiger partial charge on any atom is 0.435 e. The number of alkyl halides is 3. The summed E-state index contributed by atoms with van der Waals surface area (Å²) >= 11 is 13.5. The molecule has 1 unspecified atom stereocenters. The van der Waals surface area contributed by atoms with E-state index in [-0.39, 0.29) is 28.0 Å². The molecular weight excluding hydrogens is 548 g/mol. The fraction of sp³-hybridized carbons (Fsp3) is 0.167. The largest absolute Gasteiger partial charge is 0.435 e. The van der Waals surface area contributed by atoms with Crippen molar-refractivity contribution in [3.8, 4) is 11.3 Å². The third-order valence-electron chi connectivity index (χ3n) is 5.83. The molecule has 0 fully saturated rings. The second kappa shape index (κ2) is 9.81. The SMILES string of the molecule is CC1=C(C(=O)NCc2ccc(-c3csnn3)cc2)C(c2ccc(Cl)c(Cl)c2)n2nc(C(F)(F)F)cc2N1. The molecule has 5 rings (SSSR count). The molecule has 2 aromatic heterocycles. The lowest BCUT2D eigenvalue weighted by Crippen LogP contribution is -2.34. The predicted molar refractivity (Wildman–Crippen MR) is 135 cm³/mol. The molecular formula is C24H17Cl2F3N6OS. The van der Waals surface area contributed by atoms with Crippen LogP contribution in [0.25, 0.3) is 11.3 Å². The molecule has 3 heterocycles. The Balaban J connectivity index is 1.45. The van der Waals surface area contributed by atoms with Crippen LogP contribution >= 0.6 is 34.7 Å². The van der Waals surface area contributed by atoms with Crippen LogP contribution in [0.5, 0.6) is 0 Å². The third-order valence-corrected chi connectivity index (χ3v) is 7.07. The number of nitrogens with zero attached hydrogens (tertiary/aromatic N) is 4. The molecule has 0 saturated heterocycles. The van der Waals surface area contributed by atoms with E-state index in [1.165, 1.54) is 23.7 Å². The smallest absolute Gasteiger partial charge is 0.348 e. The molecule has 1 aliphatic rings. The Labute approximate surface area is 223 Å². The summed E-state index contributed by atoms with van der Waals surface area (Å²) in [5.41, 5.74) is 2.45. The average molecular weight is 565 g/mol. The molecule has 0 radical (unpaired) electrons. The zero-order valence-electron chi connectivity index (χ0n) is 19.0. The van der Waals surface area contributed by atoms with E-state index in [0.717, 1.165) is 27.6 Å². The lowest BCUT2D eigenvalue weighted by Gasteiger charge is -2.30. The Kier molecular flexibility index (Phi) is 6.69. The first-order valence-electron chi connectivity index (χ1n) is 10.9. The van der Waals surface area contributed by atoms with Crippen molar-refractivity contribution in [3.63, 3.8) is 0 Å². The average Bonchev–Trinajstić information content (AvgIpc) is 3.54. The molecule has 1 atom stereocenters. The third kappa shape index (κ3) is 5.07. The highest BCUT2D eigenvalue weighted by atomic mass is 35.5. The molecule has 13 heteroatoms. The van der Waals surface area contributed by atoms with E-state index in [2.05, 4.69) is 25.3 Å². The molecule has 7 nitrogen and oxygen atoms in total. The molecule has 0 saturated carbocycles. The highest BCUT2D eigenvalue weighted by molar-refractivity contribution is 7.03. The Hall–Kier alpha value is -3.41. The molecule has 1 amide bonds. The summed E-state index contributed by atoms with van der Waals surface area (Å²) in [6.45, 7) is 1.82. The summed E-state index contributed by atoms with van der Waals surface area (Å²) in [6, 6.07) is 12.0. The number of nitrogens with one attached hydrogen (secondary N) is 2. The van der Waals surface area contributed by atoms with Gasteiger partial charge in [-0.1, -0.05) is 58.0 Å². The van der Waals surface area contributed by atoms with Gasteiger partial charge in [0.25, 0.3) is 5.91 Å². The van der Waals surface area contributed by atoms with Crippen molar-refractivity contribution < 1.29 is 18.0 Å². The van der Waals surface area contributed by atoms with Gasteiger partial charge < -0.3 is 10.6 Å². The molecule has 4 aromatic rings. The normalized spacial score (nSPS) is 15.4. The van der Waals surface area contributed by atoms with Crippen LogP contribution < -0.4 is 10.6 Å². The standard InChI is InChI=1S/C24H17Cl2F3N6OS/c1-12-21(23(36)30-10-13-2-4-14(5-3-13)18-11-37-34-32-18)22(15-6-7-16(25)17(26)8-15)35-20(31-12)9-19(33-35)24(27,28)29/h2-9,11,22,31H,10H2,1H3,(H,30,36). The maximum atomic E-state index is 13.5. The van der Waals surface area contributed by atoms with Gasteiger partial charge in [-0.15, -0.1) is 5.10 Å². The summed E-state index contributed by atoms with van der Waals surface area (Å²) in [5.74, 6) is -0.367. The number of hydrogen-bond acceptors (Lipinski definition) is 6. The summed E-state index contributed by atoms with van der Waals surface area (Å²) in [6.07, 6.45) is -4.66. The minimum absolute atomic E-state index is 0.101. The van der Waals surface area contributed by atoms with Crippen LogP contribution in [0.15, 0.2) is 65.2 Å². The van der Waals surface area contributed by atoms with Gasteiger partial charge in [-0.2, -0.15) is 18.3 Å². The minimum atomic E-state index is -4.66. The van der Waals surface area contributed by atoms with Crippen molar-refractivity contribution in [1.29, 1.82) is 0 Å². The van der Waals surface area contributed by atoms with Gasteiger partial charge in [0.15, 0.2) is 5.69 Å². The minimum Gasteiger partial charge on any atom is -0.348 e. The number of rotatable bonds is 5. The van der Waals surface area contributed by atoms with Gasteiger partial charge in [0.05, 0.1) is 15.6 Å². The molecule has 2 aromatic carbocycles. The first-order valence-corrected chi connectivity index (χ1v) is 12.4. The second-order valence-corrected chi connectivity index (χ2v) is 9.69. The zero-order valence-corrected chi connectivity index (χ0v) is 21.3. The van der Waals surface area contributed by atoms with Gasteiger partial charge in [0.2, 0.25) is 0 Å². The van der Waals surface area contributed by atoms with Gasteiger partial charge in [0, 0.05) is 29.3 Å². The van der Waals surface area contributed by atoms with Crippen molar-refractivity contribution in [2.24, 2.45) is 0 Å². The summed E-state index contributed by atoms with van der Waals surface area (Å²) in [7, 11) is 0. The van der Waals surface area contributed by atoms with Crippen molar-refractivity contribution in [1.82, 2.24) is 24.7 Å². The number of hydrogen-bond donors (Lipinski definition) is 2. The van der Waals surface area contributed by atoms with E-state index in [0.29, 0.717) is 11.3 Å². The maximum absolute atomic E-state index is 13.5. The van der Waals surface area contributed by atoms with Crippen molar-refractivity contribution in [3.05, 3.63) is 92.0 Å². The monoisotopic (exact) mass is 564 g/mol. The van der Waals surface area contributed by atoms with Crippen LogP contribution in [0.3, 0.4) is 0 Å². The zero-order chi connectivity index (χ0) is 26.3. The summed E-state index contributed by atoms with van der Waals surface area (Å²) < 4.78 is 45.4. The van der Waals surface area contributed by atoms with Crippen LogP contribution in [-0.2, 0) is 17.5 Å². The van der Waals surface area contributed by atoms with Gasteiger partial charge >= 0.3 is 6.18 Å². The number of allylic oxidation sites excluding steroid dienone is 1. The van der Waals surface area contributed by atoms with E-state index in [1.54, 1.807) is 13.0 Å². The number of carbonyl (C=O) groups is 1. The van der Waals surface area contributed by atoms with Gasteiger partial charge in [-0.3, -0.25) is 4.79 Å². The Morgan fingerprint density at radius 3 is 2.54 bits per heavy atom. The van der Waals surface area contributed by atoms with E-state index >= 15 is 0 Å². The van der Waals surface area contributed by atoms with Gasteiger partial charge in [-0.05, 0) is 41.7 Å². The number of halogens is 5. The number of aromatic nitrogens is 4. The van der Waals surface area contributed by atoms with Crippen LogP contribution in [0.1, 0.15) is 29.8 Å². The molecule has 0 spiro atoms. The molecule has 0 aliphatic carbocycles. The summed E-state index contributed by atoms with van der Waals surface area (Å²) in [4.78, 5) is 13.4. The fourth-order valence-electron chi connectivity index (χ4n) is 4.06. The number of anilines is 1. The van der Waals surface area contributed by atoms with Crippen LogP contribution in [-0.4, -0.2) is 25.3 Å². The first kappa shape index (κ1) is 25.2. The quantitative estimate of drug-likeness (QED) is 0.296. The van der Waals surface area contributed by atoms with E-state index in [1.807, 2.05) is 29.6 Å². The van der Waals surface area contributed by atoms with Crippen molar-refractivity contribution in [2.45, 2.75) is 25.7 Å². The molecule has 190 valence electrons. The molecule has 37 heavy (non-hydrogen) atoms. The van der Waals surface area contributed by atoms with Crippen LogP contribution in [0.2, 0.25) is 10.0 Å². The first-order chi connectivity index (χ1) is 17.6. The molecule has 0 bridgehead atoms. The number of fused-ring (bicyclic) bond motifs is 1. The molecule has 1 aliphatic heterocycles. The van der Waals surface area contributed by atoms with E-state index in [4.69, 9.17) is 23.2 Å². The van der Waals surface area contributed by atoms with Crippen molar-refractivity contribution in [2.75, 3.05) is 5.32 Å². The van der Waals surface area contributed by atoms with Crippen LogP contribution in [0.4, 0.5) is 19.0 Å². The Morgan fingerprint density at radius 1 is 1.14 bits per heavy atom. The lowest BCUT2D eigenvalue weighted by atomic mass is 9.94. The fourth-order valence-corrected chi connectivity index (χ4v) is 4.83. The van der Waals surface area contributed by atoms with Gasteiger partial charge in [-0.25, -0.2) is 4.68 Å². The van der Waals surface area contributed by atoms with Crippen LogP contribution in [0, 0.1) is 0 Å². The van der Waals surface area contributed by atoms with Gasteiger partial charge in [0.1, 0.15) is 17.6 Å². The lowest BCUT2D eigenvalue weighted by molar-refractivity contribution is -0.141. The summed E-state index contributed by atoms with van der Waals surface area (Å²) in [5, 5.41) is 15.9. The Morgan fingerprint density at radius 2 is 1.89 bits per heavy atom. The molecule has 2 N–H and O–H groups in total. The number of benzene rings is 2. The highest BCUT2D eigenvalue weighted by Gasteiger charge is 2.39. The Bertz CT molecular complexity index is 1500. The topological polar surface area (TPSA) is 84.7 Å². The number of carbonyl (C=O) groups excluding carboxylic acids is 1. The van der Waals surface area contributed by atoms with E-state index < -0.39 is 23.8 Å². The van der Waals surface area contributed by atoms with Crippen molar-refractivity contribution >= 4 is 46.5 Å². The van der Waals surface area contributed by atoms with E-state index in [9.17, 15) is 18.0 Å². The second-order valence-electron chi connectivity index (χ2n) is 8.27.